The van der Waals surface area contributed by atoms with Crippen molar-refractivity contribution in [3.63, 3.8) is 0 Å². The molecule has 5 rings (SSSR count). The van der Waals surface area contributed by atoms with Crippen LogP contribution in [0.3, 0.4) is 0 Å². The first-order valence-electron chi connectivity index (χ1n) is 10.3. The maximum absolute atomic E-state index is 12.7. The summed E-state index contributed by atoms with van der Waals surface area (Å²) in [5.41, 5.74) is 1.63. The monoisotopic (exact) mass is 430 g/mol. The average Bonchev–Trinajstić information content (AvgIpc) is 3.26. The lowest BCUT2D eigenvalue weighted by atomic mass is 9.95. The van der Waals surface area contributed by atoms with E-state index in [9.17, 15) is 9.90 Å². The predicted molar refractivity (Wildman–Crippen MR) is 125 cm³/mol. The van der Waals surface area contributed by atoms with Gasteiger partial charge >= 0.3 is 0 Å². The van der Waals surface area contributed by atoms with Crippen molar-refractivity contribution in [3.8, 4) is 16.2 Å². The summed E-state index contributed by atoms with van der Waals surface area (Å²) in [4.78, 5) is 26.1. The molecular formula is C24H22N4O2S. The number of nitrogens with zero attached hydrogens (tertiary/aromatic N) is 3. The lowest BCUT2D eigenvalue weighted by molar-refractivity contribution is -0.120. The summed E-state index contributed by atoms with van der Waals surface area (Å²) in [5.74, 6) is 0.887. The van der Waals surface area contributed by atoms with E-state index in [0.29, 0.717) is 5.69 Å². The van der Waals surface area contributed by atoms with Crippen molar-refractivity contribution in [3.05, 3.63) is 67.0 Å². The summed E-state index contributed by atoms with van der Waals surface area (Å²) < 4.78 is 0. The summed E-state index contributed by atoms with van der Waals surface area (Å²) in [6.45, 7) is 1.50. The van der Waals surface area contributed by atoms with Crippen LogP contribution in [-0.4, -0.2) is 34.1 Å². The molecule has 1 saturated heterocycles. The molecule has 2 aromatic carbocycles. The number of piperidine rings is 1. The zero-order chi connectivity index (χ0) is 21.2. The fourth-order valence-corrected chi connectivity index (χ4v) is 5.01. The number of phenolic OH excluding ortho intramolecular Hbond substituents is 1. The van der Waals surface area contributed by atoms with E-state index >= 15 is 0 Å². The zero-order valence-electron chi connectivity index (χ0n) is 16.9. The number of carbonyl (C=O) groups excluding carboxylic acids is 1. The van der Waals surface area contributed by atoms with E-state index in [1.807, 2.05) is 18.2 Å². The van der Waals surface area contributed by atoms with Crippen LogP contribution >= 0.6 is 11.3 Å². The number of nitrogens with one attached hydrogen (secondary N) is 1. The molecule has 0 saturated carbocycles. The van der Waals surface area contributed by atoms with Gasteiger partial charge in [-0.1, -0.05) is 42.5 Å². The van der Waals surface area contributed by atoms with E-state index in [-0.39, 0.29) is 17.6 Å². The van der Waals surface area contributed by atoms with E-state index in [1.165, 1.54) is 10.4 Å². The molecule has 156 valence electrons. The molecule has 4 aromatic rings. The largest absolute Gasteiger partial charge is 0.506 e. The average molecular weight is 431 g/mol. The molecule has 0 aliphatic carbocycles. The smallest absolute Gasteiger partial charge is 0.227 e. The second-order valence-electron chi connectivity index (χ2n) is 7.66. The topological polar surface area (TPSA) is 78.4 Å². The second kappa shape index (κ2) is 8.35. The molecule has 0 atom stereocenters. The lowest BCUT2D eigenvalue weighted by Gasteiger charge is -2.32. The van der Waals surface area contributed by atoms with Crippen LogP contribution in [0.25, 0.3) is 20.7 Å². The highest BCUT2D eigenvalue weighted by atomic mass is 32.1. The molecule has 0 radical (unpaired) electrons. The van der Waals surface area contributed by atoms with Gasteiger partial charge in [0.1, 0.15) is 22.7 Å². The minimum atomic E-state index is -0.0875. The molecule has 6 nitrogen and oxygen atoms in total. The van der Waals surface area contributed by atoms with Crippen molar-refractivity contribution in [1.29, 1.82) is 0 Å². The standard InChI is InChI=1S/C24H22N4O2S/c29-20-9-5-4-8-19(20)27-23(30)17-10-12-28(13-11-17)22-18-14-21(16-6-2-1-3-7-16)31-24(18)26-15-25-22/h1-9,14-15,17,29H,10-13H2,(H,27,30). The van der Waals surface area contributed by atoms with Gasteiger partial charge in [0.05, 0.1) is 11.1 Å². The Kier molecular flexibility index (Phi) is 5.26. The van der Waals surface area contributed by atoms with Crippen molar-refractivity contribution in [2.24, 2.45) is 5.92 Å². The molecule has 1 aliphatic rings. The highest BCUT2D eigenvalue weighted by Crippen LogP contribution is 2.37. The van der Waals surface area contributed by atoms with Crippen molar-refractivity contribution in [2.45, 2.75) is 12.8 Å². The number of hydrogen-bond donors (Lipinski definition) is 2. The third kappa shape index (κ3) is 3.96. The number of hydrogen-bond acceptors (Lipinski definition) is 6. The van der Waals surface area contributed by atoms with Crippen molar-refractivity contribution < 1.29 is 9.90 Å². The Morgan fingerprint density at radius 2 is 1.77 bits per heavy atom. The fourth-order valence-electron chi connectivity index (χ4n) is 4.01. The number of anilines is 2. The maximum Gasteiger partial charge on any atom is 0.227 e. The Labute approximate surface area is 184 Å². The molecular weight excluding hydrogens is 408 g/mol. The van der Waals surface area contributed by atoms with E-state index in [1.54, 1.807) is 41.9 Å². The van der Waals surface area contributed by atoms with E-state index < -0.39 is 0 Å². The number of carbonyl (C=O) groups is 1. The molecule has 1 fully saturated rings. The van der Waals surface area contributed by atoms with Gasteiger partial charge in [0.15, 0.2) is 0 Å². The van der Waals surface area contributed by atoms with Gasteiger partial charge in [-0.25, -0.2) is 9.97 Å². The van der Waals surface area contributed by atoms with Crippen LogP contribution < -0.4 is 10.2 Å². The number of thiophene rings is 1. The summed E-state index contributed by atoms with van der Waals surface area (Å²) in [5, 5.41) is 13.8. The highest BCUT2D eigenvalue weighted by molar-refractivity contribution is 7.21. The minimum absolute atomic E-state index is 0.0455. The number of benzene rings is 2. The third-order valence-electron chi connectivity index (χ3n) is 5.69. The number of aromatic hydroxyl groups is 1. The number of phenols is 1. The summed E-state index contributed by atoms with van der Waals surface area (Å²) in [7, 11) is 0. The highest BCUT2D eigenvalue weighted by Gasteiger charge is 2.27. The first-order chi connectivity index (χ1) is 15.2. The zero-order valence-corrected chi connectivity index (χ0v) is 17.7. The number of rotatable bonds is 4. The van der Waals surface area contributed by atoms with Crippen molar-refractivity contribution in [2.75, 3.05) is 23.3 Å². The Morgan fingerprint density at radius 3 is 2.55 bits per heavy atom. The fraction of sp³-hybridized carbons (Fsp3) is 0.208. The number of amides is 1. The Bertz CT molecular complexity index is 1220. The lowest BCUT2D eigenvalue weighted by Crippen LogP contribution is -2.38. The van der Waals surface area contributed by atoms with Gasteiger partial charge < -0.3 is 15.3 Å². The number of fused-ring (bicyclic) bond motifs is 1. The summed E-state index contributed by atoms with van der Waals surface area (Å²) in [6, 6.07) is 19.3. The Balaban J connectivity index is 1.31. The van der Waals surface area contributed by atoms with Crippen LogP contribution in [0.15, 0.2) is 67.0 Å². The molecule has 2 aromatic heterocycles. The Morgan fingerprint density at radius 1 is 1.03 bits per heavy atom. The van der Waals surface area contributed by atoms with Crippen LogP contribution in [0, 0.1) is 5.92 Å². The summed E-state index contributed by atoms with van der Waals surface area (Å²) in [6.07, 6.45) is 3.10. The molecule has 1 amide bonds. The normalized spacial score (nSPS) is 14.6. The van der Waals surface area contributed by atoms with E-state index in [4.69, 9.17) is 0 Å². The molecule has 0 spiro atoms. The van der Waals surface area contributed by atoms with Crippen LogP contribution in [-0.2, 0) is 4.79 Å². The van der Waals surface area contributed by atoms with Crippen LogP contribution in [0.1, 0.15) is 12.8 Å². The first kappa shape index (κ1) is 19.5. The molecule has 3 heterocycles. The number of aromatic nitrogens is 2. The molecule has 1 aliphatic heterocycles. The maximum atomic E-state index is 12.7. The van der Waals surface area contributed by atoms with Gasteiger partial charge in [-0.05, 0) is 36.6 Å². The molecule has 0 bridgehead atoms. The van der Waals surface area contributed by atoms with Crippen molar-refractivity contribution in [1.82, 2.24) is 9.97 Å². The van der Waals surface area contributed by atoms with Gasteiger partial charge in [0, 0.05) is 23.9 Å². The number of para-hydroxylation sites is 2. The molecule has 0 unspecified atom stereocenters. The van der Waals surface area contributed by atoms with Crippen molar-refractivity contribution >= 4 is 39.0 Å². The molecule has 31 heavy (non-hydrogen) atoms. The second-order valence-corrected chi connectivity index (χ2v) is 8.69. The minimum Gasteiger partial charge on any atom is -0.506 e. The van der Waals surface area contributed by atoms with Gasteiger partial charge in [-0.15, -0.1) is 11.3 Å². The van der Waals surface area contributed by atoms with Gasteiger partial charge in [-0.3, -0.25) is 4.79 Å². The van der Waals surface area contributed by atoms with Gasteiger partial charge in [0.2, 0.25) is 5.91 Å². The van der Waals surface area contributed by atoms with E-state index in [0.717, 1.165) is 42.0 Å². The van der Waals surface area contributed by atoms with Crippen LogP contribution in [0.2, 0.25) is 0 Å². The van der Waals surface area contributed by atoms with Crippen LogP contribution in [0.4, 0.5) is 11.5 Å². The van der Waals surface area contributed by atoms with E-state index in [2.05, 4.69) is 38.4 Å². The third-order valence-corrected chi connectivity index (χ3v) is 6.79. The molecule has 2 N–H and O–H groups in total. The predicted octanol–water partition coefficient (Wildman–Crippen LogP) is 4.92. The van der Waals surface area contributed by atoms with Crippen LogP contribution in [0.5, 0.6) is 5.75 Å². The molecule has 7 heteroatoms. The first-order valence-corrected chi connectivity index (χ1v) is 11.1. The SMILES string of the molecule is O=C(Nc1ccccc1O)C1CCN(c2ncnc3sc(-c4ccccc4)cc23)CC1. The quantitative estimate of drug-likeness (QED) is 0.450. The Hall–Kier alpha value is -3.45. The van der Waals surface area contributed by atoms with Gasteiger partial charge in [-0.2, -0.15) is 0 Å². The summed E-state index contributed by atoms with van der Waals surface area (Å²) >= 11 is 1.67. The van der Waals surface area contributed by atoms with Gasteiger partial charge in [0.25, 0.3) is 0 Å².